The lowest BCUT2D eigenvalue weighted by atomic mass is 10.1. The number of aryl methyl sites for hydroxylation is 2. The van der Waals surface area contributed by atoms with Crippen molar-refractivity contribution >= 4 is 21.4 Å². The Balaban J connectivity index is 1.68. The number of imidazole rings is 1. The van der Waals surface area contributed by atoms with Crippen LogP contribution in [0.1, 0.15) is 18.1 Å². The Kier molecular flexibility index (Phi) is 5.41. The lowest BCUT2D eigenvalue weighted by Gasteiger charge is -2.13. The molecule has 0 saturated carbocycles. The summed E-state index contributed by atoms with van der Waals surface area (Å²) in [6, 6.07) is 13.0. The van der Waals surface area contributed by atoms with E-state index in [4.69, 9.17) is 4.74 Å². The summed E-state index contributed by atoms with van der Waals surface area (Å²) in [6.45, 7) is 5.80. The van der Waals surface area contributed by atoms with Gasteiger partial charge in [-0.1, -0.05) is 18.2 Å². The van der Waals surface area contributed by atoms with Crippen LogP contribution in [0.25, 0.3) is 16.9 Å². The normalized spacial score (nSPS) is 11.6. The molecule has 0 spiro atoms. The molecule has 0 aliphatic rings. The van der Waals surface area contributed by atoms with E-state index in [1.807, 2.05) is 48.0 Å². The van der Waals surface area contributed by atoms with E-state index in [0.717, 1.165) is 34.1 Å². The van der Waals surface area contributed by atoms with Crippen LogP contribution in [0.15, 0.2) is 65.8 Å². The summed E-state index contributed by atoms with van der Waals surface area (Å²) in [5.74, 6) is -0.711. The minimum Gasteiger partial charge on any atom is -0.491 e. The monoisotopic (exact) mass is 439 g/mol. The Morgan fingerprint density at radius 1 is 1.10 bits per heavy atom. The van der Waals surface area contributed by atoms with Crippen LogP contribution < -0.4 is 9.46 Å². The molecule has 2 aromatic carbocycles. The number of aromatic nitrogens is 2. The molecule has 0 radical (unpaired) electrons. The molecule has 31 heavy (non-hydrogen) atoms. The number of benzene rings is 2. The summed E-state index contributed by atoms with van der Waals surface area (Å²) in [6.07, 6.45) is 3.81. The Bertz CT molecular complexity index is 1380. The number of halogens is 1. The second kappa shape index (κ2) is 8.03. The average molecular weight is 440 g/mol. The molecule has 0 bridgehead atoms. The zero-order chi connectivity index (χ0) is 22.2. The molecule has 0 saturated heterocycles. The maximum Gasteiger partial charge on any atom is 0.262 e. The summed E-state index contributed by atoms with van der Waals surface area (Å²) >= 11 is 0. The Labute approximate surface area is 180 Å². The summed E-state index contributed by atoms with van der Waals surface area (Å²) < 4.78 is 49.6. The van der Waals surface area contributed by atoms with Gasteiger partial charge in [0.1, 0.15) is 5.65 Å². The zero-order valence-electron chi connectivity index (χ0n) is 17.4. The van der Waals surface area contributed by atoms with Crippen LogP contribution in [0.5, 0.6) is 5.75 Å². The molecule has 0 atom stereocenters. The van der Waals surface area contributed by atoms with Gasteiger partial charge in [-0.2, -0.15) is 0 Å². The van der Waals surface area contributed by atoms with Gasteiger partial charge >= 0.3 is 0 Å². The maximum absolute atomic E-state index is 14.2. The largest absolute Gasteiger partial charge is 0.491 e. The molecular weight excluding hydrogens is 417 g/mol. The molecule has 1 N–H and O–H groups in total. The number of pyridine rings is 1. The van der Waals surface area contributed by atoms with E-state index in [2.05, 4.69) is 9.71 Å². The zero-order valence-corrected chi connectivity index (χ0v) is 18.2. The molecule has 2 aromatic heterocycles. The van der Waals surface area contributed by atoms with Gasteiger partial charge in [0, 0.05) is 18.0 Å². The third kappa shape index (κ3) is 4.11. The van der Waals surface area contributed by atoms with E-state index in [-0.39, 0.29) is 17.3 Å². The minimum atomic E-state index is -3.99. The highest BCUT2D eigenvalue weighted by Crippen LogP contribution is 2.28. The van der Waals surface area contributed by atoms with Gasteiger partial charge in [0.25, 0.3) is 10.0 Å². The van der Waals surface area contributed by atoms with Crippen molar-refractivity contribution in [2.75, 3.05) is 11.3 Å². The van der Waals surface area contributed by atoms with E-state index in [1.54, 1.807) is 19.9 Å². The standard InChI is InChI=1S/C23H22FN3O3S/c1-4-30-22-10-9-18(13-19(22)24)31(28,29)26-20-12-17(8-7-15(20)2)21-14-27-11-5-6-16(3)23(27)25-21/h5-14,26H,4H2,1-3H3. The van der Waals surface area contributed by atoms with Gasteiger partial charge in [-0.3, -0.25) is 4.72 Å². The molecular formula is C23H22FN3O3S. The SMILES string of the molecule is CCOc1ccc(S(=O)(=O)Nc2cc(-c3cn4cccc(C)c4n3)ccc2C)cc1F. The maximum atomic E-state index is 14.2. The Hall–Kier alpha value is -3.39. The smallest absolute Gasteiger partial charge is 0.262 e. The number of hydrogen-bond donors (Lipinski definition) is 1. The summed E-state index contributed by atoms with van der Waals surface area (Å²) in [5, 5.41) is 0. The molecule has 2 heterocycles. The molecule has 8 heteroatoms. The number of anilines is 1. The molecule has 4 rings (SSSR count). The summed E-state index contributed by atoms with van der Waals surface area (Å²) in [4.78, 5) is 4.49. The Morgan fingerprint density at radius 2 is 1.90 bits per heavy atom. The van der Waals surface area contributed by atoms with Crippen LogP contribution >= 0.6 is 0 Å². The molecule has 0 fully saturated rings. The second-order valence-corrected chi connectivity index (χ2v) is 8.89. The number of nitrogens with one attached hydrogen (secondary N) is 1. The lowest BCUT2D eigenvalue weighted by Crippen LogP contribution is -2.14. The molecule has 160 valence electrons. The lowest BCUT2D eigenvalue weighted by molar-refractivity contribution is 0.321. The number of sulfonamides is 1. The van der Waals surface area contributed by atoms with Crippen molar-refractivity contribution in [1.29, 1.82) is 0 Å². The predicted octanol–water partition coefficient (Wildman–Crippen LogP) is 4.96. The van der Waals surface area contributed by atoms with Gasteiger partial charge in [0.05, 0.1) is 22.9 Å². The summed E-state index contributed by atoms with van der Waals surface area (Å²) in [5.41, 5.74) is 4.51. The van der Waals surface area contributed by atoms with Crippen molar-refractivity contribution in [3.05, 3.63) is 77.9 Å². The van der Waals surface area contributed by atoms with Gasteiger partial charge in [-0.25, -0.2) is 17.8 Å². The van der Waals surface area contributed by atoms with E-state index in [0.29, 0.717) is 5.69 Å². The first-order valence-corrected chi connectivity index (χ1v) is 11.3. The van der Waals surface area contributed by atoms with Crippen molar-refractivity contribution in [3.63, 3.8) is 0 Å². The Morgan fingerprint density at radius 3 is 2.61 bits per heavy atom. The van der Waals surface area contributed by atoms with Crippen LogP contribution in [0.3, 0.4) is 0 Å². The van der Waals surface area contributed by atoms with Crippen LogP contribution in [-0.4, -0.2) is 24.4 Å². The topological polar surface area (TPSA) is 72.7 Å². The second-order valence-electron chi connectivity index (χ2n) is 7.21. The highest BCUT2D eigenvalue weighted by molar-refractivity contribution is 7.92. The molecule has 0 amide bonds. The van der Waals surface area contributed by atoms with Gasteiger partial charge in [0.15, 0.2) is 11.6 Å². The third-order valence-corrected chi connectivity index (χ3v) is 6.33. The van der Waals surface area contributed by atoms with Crippen LogP contribution in [0.4, 0.5) is 10.1 Å². The highest BCUT2D eigenvalue weighted by atomic mass is 32.2. The quantitative estimate of drug-likeness (QED) is 0.461. The fraction of sp³-hybridized carbons (Fsp3) is 0.174. The van der Waals surface area contributed by atoms with E-state index in [9.17, 15) is 12.8 Å². The molecule has 0 unspecified atom stereocenters. The first-order valence-electron chi connectivity index (χ1n) is 9.79. The fourth-order valence-electron chi connectivity index (χ4n) is 3.31. The van der Waals surface area contributed by atoms with Crippen LogP contribution in [0.2, 0.25) is 0 Å². The van der Waals surface area contributed by atoms with E-state index < -0.39 is 15.8 Å². The van der Waals surface area contributed by atoms with Crippen molar-refractivity contribution in [2.24, 2.45) is 0 Å². The number of rotatable bonds is 6. The molecule has 0 aliphatic carbocycles. The van der Waals surface area contributed by atoms with Crippen molar-refractivity contribution < 1.29 is 17.5 Å². The van der Waals surface area contributed by atoms with E-state index in [1.165, 1.54) is 12.1 Å². The molecule has 4 aromatic rings. The van der Waals surface area contributed by atoms with Gasteiger partial charge in [-0.15, -0.1) is 0 Å². The van der Waals surface area contributed by atoms with E-state index >= 15 is 0 Å². The van der Waals surface area contributed by atoms with Crippen LogP contribution in [-0.2, 0) is 10.0 Å². The fourth-order valence-corrected chi connectivity index (χ4v) is 4.44. The molecule has 0 aliphatic heterocycles. The number of nitrogens with zero attached hydrogens (tertiary/aromatic N) is 2. The molecule has 6 nitrogen and oxygen atoms in total. The van der Waals surface area contributed by atoms with Gasteiger partial charge < -0.3 is 9.14 Å². The van der Waals surface area contributed by atoms with Crippen LogP contribution in [0, 0.1) is 19.7 Å². The summed E-state index contributed by atoms with van der Waals surface area (Å²) in [7, 11) is -3.99. The predicted molar refractivity (Wildman–Crippen MR) is 118 cm³/mol. The first kappa shape index (κ1) is 20.9. The number of hydrogen-bond acceptors (Lipinski definition) is 4. The van der Waals surface area contributed by atoms with Crippen molar-refractivity contribution in [3.8, 4) is 17.0 Å². The van der Waals surface area contributed by atoms with Crippen molar-refractivity contribution in [1.82, 2.24) is 9.38 Å². The van der Waals surface area contributed by atoms with Crippen molar-refractivity contribution in [2.45, 2.75) is 25.7 Å². The average Bonchev–Trinajstić information content (AvgIpc) is 3.17. The van der Waals surface area contributed by atoms with Gasteiger partial charge in [-0.05, 0) is 62.2 Å². The number of fused-ring (bicyclic) bond motifs is 1. The van der Waals surface area contributed by atoms with Gasteiger partial charge in [0.2, 0.25) is 0 Å². The number of ether oxygens (including phenoxy) is 1. The highest BCUT2D eigenvalue weighted by Gasteiger charge is 2.19. The third-order valence-electron chi connectivity index (χ3n) is 4.97. The first-order chi connectivity index (χ1) is 14.8. The minimum absolute atomic E-state index is 0.0155.